The highest BCUT2D eigenvalue weighted by Crippen LogP contribution is 2.63. The van der Waals surface area contributed by atoms with Gasteiger partial charge in [-0.2, -0.15) is 10.2 Å². The number of amides is 2. The Hall–Kier alpha value is -2.35. The van der Waals surface area contributed by atoms with E-state index in [0.29, 0.717) is 5.02 Å². The lowest BCUT2D eigenvalue weighted by Crippen LogP contribution is -2.77. The fraction of sp³-hybridized carbons (Fsp3) is 0.556. The predicted octanol–water partition coefficient (Wildman–Crippen LogP) is 3.28. The SMILES string of the molecule is COC(=O)N1[C@@H]2[C@@H]([C@@H]3C[C@H]2C2C(c4ccc(Cl)cc4)N=NC23)N1C(=O)OC. The van der Waals surface area contributed by atoms with Gasteiger partial charge in [0, 0.05) is 16.9 Å². The summed E-state index contributed by atoms with van der Waals surface area (Å²) in [5.74, 6) is 0.594. The van der Waals surface area contributed by atoms with Gasteiger partial charge in [0.2, 0.25) is 0 Å². The highest BCUT2D eigenvalue weighted by atomic mass is 35.5. The first-order valence-corrected chi connectivity index (χ1v) is 9.34. The lowest BCUT2D eigenvalue weighted by atomic mass is 9.72. The standard InChI is InChI=1S/C18H19ClN4O4/c1-26-17(24)22-15-10-7-11(16(15)23(22)18(25)27-2)14-12(10)13(20-21-14)8-3-5-9(19)6-4-8/h3-6,10-16H,7H2,1-2H3/t10-,11+,12?,13?,14?,15-,16+/m0/s1. The van der Waals surface area contributed by atoms with E-state index in [0.717, 1.165) is 12.0 Å². The Morgan fingerprint density at radius 1 is 1.00 bits per heavy atom. The van der Waals surface area contributed by atoms with Gasteiger partial charge in [-0.15, -0.1) is 0 Å². The van der Waals surface area contributed by atoms with Gasteiger partial charge in [-0.1, -0.05) is 23.7 Å². The smallest absolute Gasteiger partial charge is 0.429 e. The molecule has 2 saturated carbocycles. The highest BCUT2D eigenvalue weighted by molar-refractivity contribution is 6.30. The van der Waals surface area contributed by atoms with Crippen LogP contribution < -0.4 is 0 Å². The molecule has 7 atom stereocenters. The molecule has 2 amide bonds. The summed E-state index contributed by atoms with van der Waals surface area (Å²) in [6.07, 6.45) is -0.176. The van der Waals surface area contributed by atoms with Crippen molar-refractivity contribution in [1.82, 2.24) is 10.0 Å². The van der Waals surface area contributed by atoms with Crippen molar-refractivity contribution in [3.05, 3.63) is 34.9 Å². The van der Waals surface area contributed by atoms with Crippen LogP contribution in [-0.4, -0.2) is 54.5 Å². The molecular weight excluding hydrogens is 372 g/mol. The summed E-state index contributed by atoms with van der Waals surface area (Å²) in [4.78, 5) is 24.6. The molecule has 0 radical (unpaired) electrons. The summed E-state index contributed by atoms with van der Waals surface area (Å²) < 4.78 is 9.79. The minimum atomic E-state index is -0.546. The van der Waals surface area contributed by atoms with Gasteiger partial charge < -0.3 is 9.47 Å². The maximum atomic E-state index is 12.3. The van der Waals surface area contributed by atoms with Gasteiger partial charge >= 0.3 is 12.2 Å². The molecule has 5 rings (SSSR count). The molecule has 0 aromatic heterocycles. The van der Waals surface area contributed by atoms with E-state index < -0.39 is 12.2 Å². The van der Waals surface area contributed by atoms with Crippen molar-refractivity contribution in [2.45, 2.75) is 30.6 Å². The maximum Gasteiger partial charge on any atom is 0.429 e. The summed E-state index contributed by atoms with van der Waals surface area (Å²) in [7, 11) is 2.63. The van der Waals surface area contributed by atoms with Gasteiger partial charge in [-0.05, 0) is 30.0 Å². The zero-order valence-corrected chi connectivity index (χ0v) is 15.6. The Labute approximate surface area is 161 Å². The van der Waals surface area contributed by atoms with Crippen LogP contribution in [0.4, 0.5) is 9.59 Å². The normalized spacial score (nSPS) is 37.7. The van der Waals surface area contributed by atoms with Crippen molar-refractivity contribution < 1.29 is 19.1 Å². The summed E-state index contributed by atoms with van der Waals surface area (Å²) in [5.41, 5.74) is 1.08. The minimum absolute atomic E-state index is 0.0464. The van der Waals surface area contributed by atoms with E-state index in [1.807, 2.05) is 24.3 Å². The molecule has 0 N–H and O–H groups in total. The van der Waals surface area contributed by atoms with Crippen LogP contribution in [0.3, 0.4) is 0 Å². The Bertz CT molecular complexity index is 831. The molecular formula is C18H19ClN4O4. The fourth-order valence-electron chi connectivity index (χ4n) is 5.60. The van der Waals surface area contributed by atoms with Crippen molar-refractivity contribution in [3.8, 4) is 0 Å². The average Bonchev–Trinajstić information content (AvgIpc) is 3.31. The molecule has 27 heavy (non-hydrogen) atoms. The molecule has 2 bridgehead atoms. The van der Waals surface area contributed by atoms with Crippen LogP contribution in [0.25, 0.3) is 0 Å². The zero-order chi connectivity index (χ0) is 18.9. The lowest BCUT2D eigenvalue weighted by Gasteiger charge is -2.58. The first kappa shape index (κ1) is 16.8. The fourth-order valence-corrected chi connectivity index (χ4v) is 5.72. The molecule has 2 heterocycles. The van der Waals surface area contributed by atoms with E-state index in [9.17, 15) is 9.59 Å². The summed E-state index contributed by atoms with van der Waals surface area (Å²) >= 11 is 6.01. The van der Waals surface area contributed by atoms with E-state index in [4.69, 9.17) is 21.1 Å². The number of carbonyl (C=O) groups is 2. The maximum absolute atomic E-state index is 12.3. The molecule has 1 aromatic carbocycles. The molecule has 8 nitrogen and oxygen atoms in total. The molecule has 2 aliphatic heterocycles. The number of azo groups is 1. The third kappa shape index (κ3) is 2.10. The van der Waals surface area contributed by atoms with Gasteiger partial charge in [0.1, 0.15) is 6.04 Å². The molecule has 9 heteroatoms. The molecule has 142 valence electrons. The van der Waals surface area contributed by atoms with Gasteiger partial charge in [0.05, 0.1) is 32.3 Å². The zero-order valence-electron chi connectivity index (χ0n) is 14.9. The second kappa shape index (κ2) is 5.82. The highest BCUT2D eigenvalue weighted by Gasteiger charge is 2.73. The van der Waals surface area contributed by atoms with Gasteiger partial charge in [0.15, 0.2) is 0 Å². The number of ether oxygens (including phenoxy) is 2. The first-order chi connectivity index (χ1) is 13.1. The number of hydrogen-bond donors (Lipinski definition) is 0. The Morgan fingerprint density at radius 2 is 1.59 bits per heavy atom. The number of halogens is 1. The average molecular weight is 391 g/mol. The third-order valence-corrected chi connectivity index (χ3v) is 6.77. The molecule has 2 aliphatic carbocycles. The van der Waals surface area contributed by atoms with Crippen LogP contribution in [0.1, 0.15) is 18.0 Å². The van der Waals surface area contributed by atoms with E-state index in [2.05, 4.69) is 10.2 Å². The van der Waals surface area contributed by atoms with E-state index >= 15 is 0 Å². The van der Waals surface area contributed by atoms with Gasteiger partial charge in [-0.25, -0.2) is 19.6 Å². The number of rotatable bonds is 1. The molecule has 1 aromatic rings. The number of methoxy groups -OCH3 is 2. The van der Waals surface area contributed by atoms with Crippen molar-refractivity contribution in [3.63, 3.8) is 0 Å². The van der Waals surface area contributed by atoms with E-state index in [1.54, 1.807) is 0 Å². The third-order valence-electron chi connectivity index (χ3n) is 6.52. The largest absolute Gasteiger partial charge is 0.452 e. The summed E-state index contributed by atoms with van der Waals surface area (Å²) in [6, 6.07) is 7.53. The lowest BCUT2D eigenvalue weighted by molar-refractivity contribution is -0.187. The van der Waals surface area contributed by atoms with Crippen molar-refractivity contribution in [2.24, 2.45) is 28.0 Å². The van der Waals surface area contributed by atoms with Crippen LogP contribution in [0.2, 0.25) is 5.02 Å². The number of carbonyl (C=O) groups excluding carboxylic acids is 2. The second-order valence-corrected chi connectivity index (χ2v) is 7.91. The Morgan fingerprint density at radius 3 is 2.19 bits per heavy atom. The van der Waals surface area contributed by atoms with Crippen LogP contribution >= 0.6 is 11.6 Å². The predicted molar refractivity (Wildman–Crippen MR) is 94.0 cm³/mol. The van der Waals surface area contributed by atoms with Gasteiger partial charge in [-0.3, -0.25) is 0 Å². The topological polar surface area (TPSA) is 83.8 Å². The Balaban J connectivity index is 1.47. The number of fused-ring (bicyclic) bond motifs is 8. The summed E-state index contributed by atoms with van der Waals surface area (Å²) in [6.45, 7) is 0. The minimum Gasteiger partial charge on any atom is -0.452 e. The Kier molecular flexibility index (Phi) is 3.62. The molecule has 1 saturated heterocycles. The van der Waals surface area contributed by atoms with Crippen LogP contribution in [0, 0.1) is 17.8 Å². The van der Waals surface area contributed by atoms with Crippen LogP contribution in [-0.2, 0) is 9.47 Å². The van der Waals surface area contributed by atoms with Crippen molar-refractivity contribution in [2.75, 3.05) is 14.2 Å². The van der Waals surface area contributed by atoms with Crippen LogP contribution in [0.5, 0.6) is 0 Å². The number of hydrazine groups is 1. The van der Waals surface area contributed by atoms with Crippen LogP contribution in [0.15, 0.2) is 34.5 Å². The van der Waals surface area contributed by atoms with E-state index in [1.165, 1.54) is 24.2 Å². The van der Waals surface area contributed by atoms with Crippen molar-refractivity contribution in [1.29, 1.82) is 0 Å². The second-order valence-electron chi connectivity index (χ2n) is 7.47. The summed E-state index contributed by atoms with van der Waals surface area (Å²) in [5, 5.41) is 12.6. The molecule has 4 aliphatic rings. The molecule has 3 unspecified atom stereocenters. The molecule has 0 spiro atoms. The van der Waals surface area contributed by atoms with E-state index in [-0.39, 0.29) is 41.9 Å². The number of benzene rings is 1. The van der Waals surface area contributed by atoms with Crippen molar-refractivity contribution >= 4 is 23.8 Å². The number of hydrogen-bond acceptors (Lipinski definition) is 6. The van der Waals surface area contributed by atoms with Gasteiger partial charge in [0.25, 0.3) is 0 Å². The monoisotopic (exact) mass is 390 g/mol. The first-order valence-electron chi connectivity index (χ1n) is 8.96. The molecule has 3 fully saturated rings. The number of nitrogens with zero attached hydrogens (tertiary/aromatic N) is 4. The quantitative estimate of drug-likeness (QED) is 0.736.